The molecule has 2 nitrogen and oxygen atoms in total. The highest BCUT2D eigenvalue weighted by Crippen LogP contribution is 2.44. The van der Waals surface area contributed by atoms with Gasteiger partial charge in [-0.15, -0.1) is 0 Å². The highest BCUT2D eigenvalue weighted by atomic mass is 19.4. The van der Waals surface area contributed by atoms with Gasteiger partial charge in [-0.05, 0) is 19.8 Å². The molecule has 1 atom stereocenters. The first-order valence-corrected chi connectivity index (χ1v) is 4.78. The molecule has 0 bridgehead atoms. The fraction of sp³-hybridized carbons (Fsp3) is 1.00. The molecule has 0 aromatic carbocycles. The third-order valence-electron chi connectivity index (χ3n) is 2.66. The predicted molar refractivity (Wildman–Crippen MR) is 46.9 cm³/mol. The number of halogens is 3. The van der Waals surface area contributed by atoms with E-state index < -0.39 is 18.6 Å². The molecule has 14 heavy (non-hydrogen) atoms. The van der Waals surface area contributed by atoms with Gasteiger partial charge in [0.05, 0.1) is 6.42 Å². The lowest BCUT2D eigenvalue weighted by Crippen LogP contribution is -2.36. The van der Waals surface area contributed by atoms with Crippen LogP contribution in [0.5, 0.6) is 0 Å². The number of hydrogen-bond donors (Lipinski definition) is 2. The average Bonchev–Trinajstić information content (AvgIpc) is 2.78. The monoisotopic (exact) mass is 211 g/mol. The summed E-state index contributed by atoms with van der Waals surface area (Å²) in [6.45, 7) is 2.07. The molecule has 1 aliphatic carbocycles. The van der Waals surface area contributed by atoms with Crippen molar-refractivity contribution < 1.29 is 18.3 Å². The zero-order chi connectivity index (χ0) is 10.8. The summed E-state index contributed by atoms with van der Waals surface area (Å²) in [6.07, 6.45) is -3.10. The van der Waals surface area contributed by atoms with Gasteiger partial charge in [0, 0.05) is 24.6 Å². The van der Waals surface area contributed by atoms with Crippen molar-refractivity contribution in [2.45, 2.75) is 38.4 Å². The van der Waals surface area contributed by atoms with E-state index in [-0.39, 0.29) is 12.0 Å². The van der Waals surface area contributed by atoms with E-state index in [1.165, 1.54) is 6.92 Å². The summed E-state index contributed by atoms with van der Waals surface area (Å²) in [5, 5.41) is 11.8. The number of nitrogens with one attached hydrogen (secondary N) is 1. The summed E-state index contributed by atoms with van der Waals surface area (Å²) in [7, 11) is 0. The third-order valence-corrected chi connectivity index (χ3v) is 2.66. The summed E-state index contributed by atoms with van der Waals surface area (Å²) < 4.78 is 35.8. The second kappa shape index (κ2) is 4.06. The van der Waals surface area contributed by atoms with Crippen molar-refractivity contribution in [1.82, 2.24) is 5.32 Å². The predicted octanol–water partition coefficient (Wildman–Crippen LogP) is 1.69. The van der Waals surface area contributed by atoms with Crippen molar-refractivity contribution in [3.8, 4) is 0 Å². The maximum atomic E-state index is 11.9. The van der Waals surface area contributed by atoms with Crippen molar-refractivity contribution in [2.75, 3.05) is 13.2 Å². The van der Waals surface area contributed by atoms with Gasteiger partial charge in [-0.2, -0.15) is 13.2 Å². The van der Waals surface area contributed by atoms with Crippen LogP contribution in [-0.2, 0) is 0 Å². The Morgan fingerprint density at radius 1 is 1.43 bits per heavy atom. The molecule has 1 saturated carbocycles. The van der Waals surface area contributed by atoms with Crippen molar-refractivity contribution in [3.05, 3.63) is 0 Å². The number of alkyl halides is 3. The standard InChI is InChI=1S/C9H16F3NO/c1-7(4-9(10,11)12)13-5-8(6-14)2-3-8/h7,13-14H,2-6H2,1H3. The van der Waals surface area contributed by atoms with Gasteiger partial charge in [-0.1, -0.05) is 0 Å². The van der Waals surface area contributed by atoms with Crippen molar-refractivity contribution in [1.29, 1.82) is 0 Å². The van der Waals surface area contributed by atoms with Gasteiger partial charge in [-0.25, -0.2) is 0 Å². The van der Waals surface area contributed by atoms with E-state index in [0.717, 1.165) is 12.8 Å². The Bertz CT molecular complexity index is 189. The van der Waals surface area contributed by atoms with Crippen LogP contribution in [0.4, 0.5) is 13.2 Å². The Morgan fingerprint density at radius 3 is 2.36 bits per heavy atom. The Labute approximate surface area is 81.5 Å². The molecule has 0 aliphatic heterocycles. The topological polar surface area (TPSA) is 32.3 Å². The van der Waals surface area contributed by atoms with Crippen LogP contribution in [0, 0.1) is 5.41 Å². The van der Waals surface area contributed by atoms with Gasteiger partial charge in [0.2, 0.25) is 0 Å². The minimum atomic E-state index is -4.11. The van der Waals surface area contributed by atoms with E-state index in [1.54, 1.807) is 0 Å². The van der Waals surface area contributed by atoms with E-state index in [1.807, 2.05) is 0 Å². The smallest absolute Gasteiger partial charge is 0.390 e. The molecule has 2 N–H and O–H groups in total. The molecule has 0 amide bonds. The minimum Gasteiger partial charge on any atom is -0.396 e. The lowest BCUT2D eigenvalue weighted by atomic mass is 10.1. The minimum absolute atomic E-state index is 0.0682. The molecule has 1 rings (SSSR count). The van der Waals surface area contributed by atoms with Gasteiger partial charge < -0.3 is 10.4 Å². The lowest BCUT2D eigenvalue weighted by molar-refractivity contribution is -0.139. The second-order valence-electron chi connectivity index (χ2n) is 4.26. The van der Waals surface area contributed by atoms with Crippen molar-refractivity contribution >= 4 is 0 Å². The third kappa shape index (κ3) is 3.84. The molecular weight excluding hydrogens is 195 g/mol. The molecule has 1 aliphatic rings. The van der Waals surface area contributed by atoms with Gasteiger partial charge >= 0.3 is 6.18 Å². The fourth-order valence-electron chi connectivity index (χ4n) is 1.38. The maximum absolute atomic E-state index is 11.9. The Kier molecular flexibility index (Phi) is 3.42. The molecular formula is C9H16F3NO. The second-order valence-corrected chi connectivity index (χ2v) is 4.26. The molecule has 1 unspecified atom stereocenters. The van der Waals surface area contributed by atoms with E-state index >= 15 is 0 Å². The van der Waals surface area contributed by atoms with Crippen LogP contribution in [0.25, 0.3) is 0 Å². The van der Waals surface area contributed by atoms with Crippen LogP contribution in [0.2, 0.25) is 0 Å². The highest BCUT2D eigenvalue weighted by molar-refractivity contribution is 4.94. The Balaban J connectivity index is 2.18. The number of aliphatic hydroxyl groups is 1. The van der Waals surface area contributed by atoms with Crippen LogP contribution in [0.3, 0.4) is 0 Å². The van der Waals surface area contributed by atoms with Crippen LogP contribution in [0.1, 0.15) is 26.2 Å². The van der Waals surface area contributed by atoms with Crippen LogP contribution >= 0.6 is 0 Å². The van der Waals surface area contributed by atoms with E-state index in [4.69, 9.17) is 5.11 Å². The van der Waals surface area contributed by atoms with E-state index in [9.17, 15) is 13.2 Å². The van der Waals surface area contributed by atoms with Crippen LogP contribution < -0.4 is 5.32 Å². The number of rotatable bonds is 5. The molecule has 0 heterocycles. The summed E-state index contributed by atoms with van der Waals surface area (Å²) >= 11 is 0. The molecule has 1 fully saturated rings. The Hall–Kier alpha value is -0.290. The normalized spacial score (nSPS) is 22.1. The number of aliphatic hydroxyl groups excluding tert-OH is 1. The van der Waals surface area contributed by atoms with Crippen molar-refractivity contribution in [3.63, 3.8) is 0 Å². The van der Waals surface area contributed by atoms with Gasteiger partial charge in [0.15, 0.2) is 0 Å². The summed E-state index contributed by atoms with van der Waals surface area (Å²) in [5.74, 6) is 0. The zero-order valence-electron chi connectivity index (χ0n) is 8.19. The Morgan fingerprint density at radius 2 is 2.00 bits per heavy atom. The molecule has 0 saturated heterocycles. The van der Waals surface area contributed by atoms with Crippen LogP contribution in [-0.4, -0.2) is 30.5 Å². The highest BCUT2D eigenvalue weighted by Gasteiger charge is 2.42. The van der Waals surface area contributed by atoms with E-state index in [0.29, 0.717) is 6.54 Å². The molecule has 0 aromatic rings. The van der Waals surface area contributed by atoms with Gasteiger partial charge in [-0.3, -0.25) is 0 Å². The fourth-order valence-corrected chi connectivity index (χ4v) is 1.38. The van der Waals surface area contributed by atoms with E-state index in [2.05, 4.69) is 5.32 Å². The first-order valence-electron chi connectivity index (χ1n) is 4.78. The average molecular weight is 211 g/mol. The van der Waals surface area contributed by atoms with Gasteiger partial charge in [0.1, 0.15) is 0 Å². The van der Waals surface area contributed by atoms with Gasteiger partial charge in [0.25, 0.3) is 0 Å². The summed E-state index contributed by atoms with van der Waals surface area (Å²) in [5.41, 5.74) is -0.125. The SMILES string of the molecule is CC(CC(F)(F)F)NCC1(CO)CC1. The molecule has 84 valence electrons. The summed E-state index contributed by atoms with van der Waals surface area (Å²) in [6, 6.07) is -0.570. The maximum Gasteiger partial charge on any atom is 0.390 e. The zero-order valence-corrected chi connectivity index (χ0v) is 8.19. The van der Waals surface area contributed by atoms with Crippen molar-refractivity contribution in [2.24, 2.45) is 5.41 Å². The molecule has 5 heteroatoms. The number of hydrogen-bond acceptors (Lipinski definition) is 2. The molecule has 0 aromatic heterocycles. The summed E-state index contributed by atoms with van der Waals surface area (Å²) in [4.78, 5) is 0. The molecule has 0 spiro atoms. The molecule has 0 radical (unpaired) electrons. The first-order chi connectivity index (χ1) is 6.37. The largest absolute Gasteiger partial charge is 0.396 e. The first kappa shape index (κ1) is 11.8. The van der Waals surface area contributed by atoms with Crippen LogP contribution in [0.15, 0.2) is 0 Å². The quantitative estimate of drug-likeness (QED) is 0.725. The lowest BCUT2D eigenvalue weighted by Gasteiger charge is -2.19.